The highest BCUT2D eigenvalue weighted by Gasteiger charge is 2.18. The van der Waals surface area contributed by atoms with Crippen molar-refractivity contribution in [2.75, 3.05) is 6.61 Å². The highest BCUT2D eigenvalue weighted by atomic mass is 32.1. The summed E-state index contributed by atoms with van der Waals surface area (Å²) in [6.45, 7) is 3.79. The van der Waals surface area contributed by atoms with Gasteiger partial charge in [0.05, 0.1) is 29.1 Å². The zero-order valence-corrected chi connectivity index (χ0v) is 14.3. The number of carbonyl (C=O) groups excluding carboxylic acids is 1. The first-order chi connectivity index (χ1) is 12.0. The molecule has 0 unspecified atom stereocenters. The lowest BCUT2D eigenvalue weighted by Gasteiger charge is -2.02. The van der Waals surface area contributed by atoms with E-state index in [-0.39, 0.29) is 12.3 Å². The number of thiazole rings is 1. The Morgan fingerprint density at radius 2 is 2.24 bits per heavy atom. The number of esters is 1. The summed E-state index contributed by atoms with van der Waals surface area (Å²) < 4.78 is 6.55. The van der Waals surface area contributed by atoms with Crippen molar-refractivity contribution >= 4 is 23.0 Å². The van der Waals surface area contributed by atoms with Crippen LogP contribution in [0.2, 0.25) is 0 Å². The van der Waals surface area contributed by atoms with Crippen molar-refractivity contribution in [2.24, 2.45) is 0 Å². The molecule has 0 aliphatic carbocycles. The Kier molecular flexibility index (Phi) is 4.57. The maximum atomic E-state index is 11.9. The largest absolute Gasteiger partial charge is 0.462 e. The predicted octanol–water partition coefficient (Wildman–Crippen LogP) is 3.39. The third kappa shape index (κ3) is 3.26. The molecule has 0 saturated carbocycles. The molecule has 0 aliphatic rings. The standard InChI is InChI=1S/C16H14N4O4S/c1-3-24-15(21)13-8-17-19(10(13)2)16-18-14(9-25-16)11-5-4-6-12(7-11)20(22)23/h4-9H,3H2,1-2H3. The molecular formula is C16H14N4O4S. The van der Waals surface area contributed by atoms with Gasteiger partial charge in [0.1, 0.15) is 5.56 Å². The van der Waals surface area contributed by atoms with Gasteiger partial charge in [-0.3, -0.25) is 10.1 Å². The smallest absolute Gasteiger partial charge is 0.341 e. The number of hydrogen-bond donors (Lipinski definition) is 0. The van der Waals surface area contributed by atoms with E-state index in [0.29, 0.717) is 27.6 Å². The number of nitro benzene ring substituents is 1. The molecule has 2 heterocycles. The van der Waals surface area contributed by atoms with E-state index in [1.165, 1.54) is 29.7 Å². The molecule has 0 fully saturated rings. The van der Waals surface area contributed by atoms with Crippen molar-refractivity contribution in [3.05, 3.63) is 57.2 Å². The molecule has 25 heavy (non-hydrogen) atoms. The summed E-state index contributed by atoms with van der Waals surface area (Å²) in [5, 5.41) is 17.5. The summed E-state index contributed by atoms with van der Waals surface area (Å²) in [7, 11) is 0. The van der Waals surface area contributed by atoms with Crippen LogP contribution >= 0.6 is 11.3 Å². The van der Waals surface area contributed by atoms with Gasteiger partial charge >= 0.3 is 5.97 Å². The Bertz CT molecular complexity index is 947. The molecule has 0 saturated heterocycles. The fourth-order valence-corrected chi connectivity index (χ4v) is 3.13. The fourth-order valence-electron chi connectivity index (χ4n) is 2.28. The van der Waals surface area contributed by atoms with Crippen molar-refractivity contribution in [1.82, 2.24) is 14.8 Å². The minimum absolute atomic E-state index is 0.00640. The maximum Gasteiger partial charge on any atom is 0.341 e. The van der Waals surface area contributed by atoms with Crippen molar-refractivity contribution in [3.63, 3.8) is 0 Å². The van der Waals surface area contributed by atoms with E-state index in [9.17, 15) is 14.9 Å². The molecule has 2 aromatic heterocycles. The monoisotopic (exact) mass is 358 g/mol. The number of benzene rings is 1. The van der Waals surface area contributed by atoms with E-state index >= 15 is 0 Å². The minimum Gasteiger partial charge on any atom is -0.462 e. The van der Waals surface area contributed by atoms with Crippen molar-refractivity contribution < 1.29 is 14.5 Å². The van der Waals surface area contributed by atoms with Crippen LogP contribution < -0.4 is 0 Å². The van der Waals surface area contributed by atoms with Crippen LogP contribution in [-0.2, 0) is 4.74 Å². The number of hydrogen-bond acceptors (Lipinski definition) is 7. The van der Waals surface area contributed by atoms with Gasteiger partial charge in [0.15, 0.2) is 0 Å². The number of non-ortho nitro benzene ring substituents is 1. The van der Waals surface area contributed by atoms with Crippen LogP contribution in [0.1, 0.15) is 23.0 Å². The van der Waals surface area contributed by atoms with E-state index in [1.807, 2.05) is 0 Å². The maximum absolute atomic E-state index is 11.9. The molecule has 0 aliphatic heterocycles. The van der Waals surface area contributed by atoms with Gasteiger partial charge in [0.2, 0.25) is 5.13 Å². The SMILES string of the molecule is CCOC(=O)c1cnn(-c2nc(-c3cccc([N+](=O)[O-])c3)cs2)c1C. The number of ether oxygens (including phenoxy) is 1. The predicted molar refractivity (Wildman–Crippen MR) is 92.0 cm³/mol. The Morgan fingerprint density at radius 3 is 2.96 bits per heavy atom. The van der Waals surface area contributed by atoms with Crippen LogP contribution in [0.3, 0.4) is 0 Å². The molecule has 1 aromatic carbocycles. The summed E-state index contributed by atoms with van der Waals surface area (Å²) in [4.78, 5) is 26.8. The molecule has 0 amide bonds. The van der Waals surface area contributed by atoms with Crippen LogP contribution in [0.4, 0.5) is 5.69 Å². The lowest BCUT2D eigenvalue weighted by molar-refractivity contribution is -0.384. The molecule has 128 valence electrons. The molecule has 0 spiro atoms. The van der Waals surface area contributed by atoms with E-state index < -0.39 is 10.9 Å². The third-order valence-electron chi connectivity index (χ3n) is 3.53. The Balaban J connectivity index is 1.93. The normalized spacial score (nSPS) is 10.6. The van der Waals surface area contributed by atoms with E-state index in [1.54, 1.807) is 36.0 Å². The quantitative estimate of drug-likeness (QED) is 0.394. The first-order valence-electron chi connectivity index (χ1n) is 7.43. The minimum atomic E-state index is -0.444. The Hall–Kier alpha value is -3.07. The number of carbonyl (C=O) groups is 1. The first-order valence-corrected chi connectivity index (χ1v) is 8.31. The van der Waals surface area contributed by atoms with Gasteiger partial charge in [0.25, 0.3) is 5.69 Å². The van der Waals surface area contributed by atoms with Gasteiger partial charge in [-0.2, -0.15) is 5.10 Å². The van der Waals surface area contributed by atoms with E-state index in [4.69, 9.17) is 4.74 Å². The average Bonchev–Trinajstić information content (AvgIpc) is 3.21. The zero-order chi connectivity index (χ0) is 18.0. The van der Waals surface area contributed by atoms with Crippen molar-refractivity contribution in [2.45, 2.75) is 13.8 Å². The third-order valence-corrected chi connectivity index (χ3v) is 4.35. The van der Waals surface area contributed by atoms with Crippen LogP contribution in [0.25, 0.3) is 16.4 Å². The van der Waals surface area contributed by atoms with Crippen LogP contribution in [0.15, 0.2) is 35.8 Å². The molecule has 9 heteroatoms. The molecule has 3 aromatic rings. The van der Waals surface area contributed by atoms with E-state index in [2.05, 4.69) is 10.1 Å². The molecule has 3 rings (SSSR count). The van der Waals surface area contributed by atoms with Crippen LogP contribution in [0.5, 0.6) is 0 Å². The lowest BCUT2D eigenvalue weighted by atomic mass is 10.1. The van der Waals surface area contributed by atoms with Gasteiger partial charge in [-0.1, -0.05) is 12.1 Å². The van der Waals surface area contributed by atoms with Crippen LogP contribution in [-0.4, -0.2) is 32.3 Å². The van der Waals surface area contributed by atoms with Crippen molar-refractivity contribution in [1.29, 1.82) is 0 Å². The highest BCUT2D eigenvalue weighted by molar-refractivity contribution is 7.12. The van der Waals surface area contributed by atoms with Gasteiger partial charge in [-0.25, -0.2) is 14.5 Å². The summed E-state index contributed by atoms with van der Waals surface area (Å²) in [5.74, 6) is -0.429. The van der Waals surface area contributed by atoms with Gasteiger partial charge in [-0.05, 0) is 13.8 Å². The second kappa shape index (κ2) is 6.81. The molecule has 0 N–H and O–H groups in total. The summed E-state index contributed by atoms with van der Waals surface area (Å²) in [5.41, 5.74) is 2.27. The molecule has 8 nitrogen and oxygen atoms in total. The van der Waals surface area contributed by atoms with Gasteiger partial charge < -0.3 is 4.74 Å². The average molecular weight is 358 g/mol. The number of aromatic nitrogens is 3. The zero-order valence-electron chi connectivity index (χ0n) is 13.5. The topological polar surface area (TPSA) is 100 Å². The van der Waals surface area contributed by atoms with Crippen molar-refractivity contribution in [3.8, 4) is 16.4 Å². The number of nitrogens with zero attached hydrogens (tertiary/aromatic N) is 4. The first kappa shape index (κ1) is 16.8. The lowest BCUT2D eigenvalue weighted by Crippen LogP contribution is -2.06. The fraction of sp³-hybridized carbons (Fsp3) is 0.188. The summed E-state index contributed by atoms with van der Waals surface area (Å²) in [6.07, 6.45) is 1.45. The second-order valence-corrected chi connectivity index (χ2v) is 5.94. The summed E-state index contributed by atoms with van der Waals surface area (Å²) in [6, 6.07) is 6.27. The molecule has 0 atom stereocenters. The Morgan fingerprint density at radius 1 is 1.44 bits per heavy atom. The number of nitro groups is 1. The van der Waals surface area contributed by atoms with Gasteiger partial charge in [-0.15, -0.1) is 11.3 Å². The molecule has 0 radical (unpaired) electrons. The van der Waals surface area contributed by atoms with Gasteiger partial charge in [0, 0.05) is 23.1 Å². The number of rotatable bonds is 5. The molecule has 0 bridgehead atoms. The highest BCUT2D eigenvalue weighted by Crippen LogP contribution is 2.27. The van der Waals surface area contributed by atoms with E-state index in [0.717, 1.165) is 0 Å². The van der Waals surface area contributed by atoms with Crippen LogP contribution in [0, 0.1) is 17.0 Å². The Labute approximate surface area is 146 Å². The summed E-state index contributed by atoms with van der Waals surface area (Å²) >= 11 is 1.33. The second-order valence-electron chi connectivity index (χ2n) is 5.10. The molecular weight excluding hydrogens is 344 g/mol.